The van der Waals surface area contributed by atoms with Gasteiger partial charge in [-0.1, -0.05) is 6.92 Å². The maximum Gasteiger partial charge on any atom is 0.109 e. The number of likely N-dealkylation sites (tertiary alicyclic amines) is 1. The summed E-state index contributed by atoms with van der Waals surface area (Å²) in [6.07, 6.45) is 7.55. The van der Waals surface area contributed by atoms with E-state index in [4.69, 9.17) is 4.98 Å². The van der Waals surface area contributed by atoms with Crippen LogP contribution in [-0.2, 0) is 25.9 Å². The average Bonchev–Trinajstić information content (AvgIpc) is 2.85. The van der Waals surface area contributed by atoms with Crippen molar-refractivity contribution in [3.05, 3.63) is 17.2 Å². The van der Waals surface area contributed by atoms with Crippen LogP contribution in [0.15, 0.2) is 0 Å². The van der Waals surface area contributed by atoms with E-state index in [1.807, 2.05) is 0 Å². The molecule has 0 radical (unpaired) electrons. The number of imidazole rings is 1. The Morgan fingerprint density at radius 3 is 2.86 bits per heavy atom. The molecule has 0 bridgehead atoms. The molecule has 1 fully saturated rings. The van der Waals surface area contributed by atoms with Crippen LogP contribution in [0.2, 0.25) is 0 Å². The topological polar surface area (TPSA) is 33.1 Å². The average molecular weight is 290 g/mol. The molecule has 3 rings (SSSR count). The van der Waals surface area contributed by atoms with Crippen molar-refractivity contribution in [2.75, 3.05) is 26.7 Å². The molecule has 1 N–H and O–H groups in total. The number of fused-ring (bicyclic) bond motifs is 1. The van der Waals surface area contributed by atoms with Gasteiger partial charge in [0.1, 0.15) is 5.82 Å². The van der Waals surface area contributed by atoms with E-state index >= 15 is 0 Å². The van der Waals surface area contributed by atoms with E-state index in [1.54, 1.807) is 0 Å². The molecule has 0 atom stereocenters. The van der Waals surface area contributed by atoms with Crippen LogP contribution in [0.4, 0.5) is 0 Å². The molecule has 4 nitrogen and oxygen atoms in total. The predicted molar refractivity (Wildman–Crippen MR) is 86.5 cm³/mol. The molecule has 2 aliphatic heterocycles. The van der Waals surface area contributed by atoms with E-state index in [9.17, 15) is 0 Å². The van der Waals surface area contributed by atoms with Crippen molar-refractivity contribution in [3.8, 4) is 0 Å². The van der Waals surface area contributed by atoms with E-state index in [-0.39, 0.29) is 0 Å². The largest absolute Gasteiger partial charge is 0.332 e. The molecule has 0 aromatic carbocycles. The molecule has 21 heavy (non-hydrogen) atoms. The summed E-state index contributed by atoms with van der Waals surface area (Å²) in [5.41, 5.74) is 2.83. The Kier molecular flexibility index (Phi) is 4.96. The van der Waals surface area contributed by atoms with E-state index in [1.165, 1.54) is 62.5 Å². The van der Waals surface area contributed by atoms with Gasteiger partial charge in [0.2, 0.25) is 0 Å². The molecule has 1 aromatic rings. The van der Waals surface area contributed by atoms with Crippen LogP contribution in [-0.4, -0.2) is 41.1 Å². The Hall–Kier alpha value is -0.870. The lowest BCUT2D eigenvalue weighted by Gasteiger charge is -2.29. The molecule has 0 saturated carbocycles. The lowest BCUT2D eigenvalue weighted by atomic mass is 9.94. The zero-order valence-corrected chi connectivity index (χ0v) is 13.7. The third-order valence-corrected chi connectivity index (χ3v) is 5.14. The summed E-state index contributed by atoms with van der Waals surface area (Å²) in [4.78, 5) is 7.37. The SMILES string of the molecule is CCCc1nc2c(n1CCC1CCN(C)CC1)CCNC2. The van der Waals surface area contributed by atoms with Crippen molar-refractivity contribution in [1.82, 2.24) is 19.8 Å². The number of nitrogens with one attached hydrogen (secondary N) is 1. The first-order valence-corrected chi connectivity index (χ1v) is 8.74. The van der Waals surface area contributed by atoms with Crippen LogP contribution in [0.5, 0.6) is 0 Å². The molecular weight excluding hydrogens is 260 g/mol. The van der Waals surface area contributed by atoms with Gasteiger partial charge in [-0.05, 0) is 51.7 Å². The normalized spacial score (nSPS) is 20.7. The van der Waals surface area contributed by atoms with Gasteiger partial charge in [-0.15, -0.1) is 0 Å². The second-order valence-electron chi connectivity index (χ2n) is 6.79. The number of hydrogen-bond donors (Lipinski definition) is 1. The fourth-order valence-corrected chi connectivity index (χ4v) is 3.77. The highest BCUT2D eigenvalue weighted by Gasteiger charge is 2.21. The maximum absolute atomic E-state index is 4.91. The molecule has 1 saturated heterocycles. The van der Waals surface area contributed by atoms with Gasteiger partial charge >= 0.3 is 0 Å². The highest BCUT2D eigenvalue weighted by molar-refractivity contribution is 5.20. The Morgan fingerprint density at radius 1 is 1.29 bits per heavy atom. The van der Waals surface area contributed by atoms with Gasteiger partial charge in [-0.25, -0.2) is 4.98 Å². The minimum atomic E-state index is 0.912. The number of aromatic nitrogens is 2. The summed E-state index contributed by atoms with van der Waals surface area (Å²) in [7, 11) is 2.24. The monoisotopic (exact) mass is 290 g/mol. The third kappa shape index (κ3) is 3.49. The molecule has 0 unspecified atom stereocenters. The zero-order chi connectivity index (χ0) is 14.7. The highest BCUT2D eigenvalue weighted by Crippen LogP contribution is 2.23. The second kappa shape index (κ2) is 6.93. The number of piperidine rings is 1. The van der Waals surface area contributed by atoms with Crippen LogP contribution >= 0.6 is 0 Å². The Balaban J connectivity index is 1.67. The predicted octanol–water partition coefficient (Wildman–Crippen LogP) is 2.21. The lowest BCUT2D eigenvalue weighted by molar-refractivity contribution is 0.207. The number of aryl methyl sites for hydroxylation is 1. The smallest absolute Gasteiger partial charge is 0.109 e. The lowest BCUT2D eigenvalue weighted by Crippen LogP contribution is -2.31. The van der Waals surface area contributed by atoms with Gasteiger partial charge in [-0.2, -0.15) is 0 Å². The number of nitrogens with zero attached hydrogens (tertiary/aromatic N) is 3. The summed E-state index contributed by atoms with van der Waals surface area (Å²) in [5.74, 6) is 2.24. The Morgan fingerprint density at radius 2 is 2.10 bits per heavy atom. The van der Waals surface area contributed by atoms with Crippen LogP contribution in [0.3, 0.4) is 0 Å². The molecule has 0 amide bonds. The number of rotatable bonds is 5. The van der Waals surface area contributed by atoms with Crippen molar-refractivity contribution in [3.63, 3.8) is 0 Å². The summed E-state index contributed by atoms with van der Waals surface area (Å²) < 4.78 is 2.57. The highest BCUT2D eigenvalue weighted by atomic mass is 15.1. The van der Waals surface area contributed by atoms with Crippen molar-refractivity contribution >= 4 is 0 Å². The first-order chi connectivity index (χ1) is 10.3. The summed E-state index contributed by atoms with van der Waals surface area (Å²) in [6, 6.07) is 0. The quantitative estimate of drug-likeness (QED) is 0.902. The molecule has 3 heterocycles. The minimum Gasteiger partial charge on any atom is -0.332 e. The van der Waals surface area contributed by atoms with Gasteiger partial charge in [-0.3, -0.25) is 0 Å². The Labute approximate surface area is 128 Å². The summed E-state index contributed by atoms with van der Waals surface area (Å²) in [5, 5.41) is 3.45. The molecule has 2 aliphatic rings. The molecule has 0 spiro atoms. The zero-order valence-electron chi connectivity index (χ0n) is 13.7. The van der Waals surface area contributed by atoms with E-state index < -0.39 is 0 Å². The first-order valence-electron chi connectivity index (χ1n) is 8.74. The van der Waals surface area contributed by atoms with Gasteiger partial charge in [0.05, 0.1) is 5.69 Å². The molecular formula is C17H30N4. The van der Waals surface area contributed by atoms with Gasteiger partial charge < -0.3 is 14.8 Å². The molecule has 1 aromatic heterocycles. The van der Waals surface area contributed by atoms with Crippen molar-refractivity contribution in [1.29, 1.82) is 0 Å². The van der Waals surface area contributed by atoms with E-state index in [0.29, 0.717) is 0 Å². The van der Waals surface area contributed by atoms with Crippen molar-refractivity contribution < 1.29 is 0 Å². The fraction of sp³-hybridized carbons (Fsp3) is 0.824. The maximum atomic E-state index is 4.91. The summed E-state index contributed by atoms with van der Waals surface area (Å²) in [6.45, 7) is 8.07. The third-order valence-electron chi connectivity index (χ3n) is 5.14. The van der Waals surface area contributed by atoms with Crippen LogP contribution in [0.1, 0.15) is 49.8 Å². The first kappa shape index (κ1) is 15.0. The van der Waals surface area contributed by atoms with Gasteiger partial charge in [0, 0.05) is 38.2 Å². The van der Waals surface area contributed by atoms with Gasteiger partial charge in [0.25, 0.3) is 0 Å². The molecule has 0 aliphatic carbocycles. The minimum absolute atomic E-state index is 0.912. The number of hydrogen-bond acceptors (Lipinski definition) is 3. The molecule has 118 valence electrons. The standard InChI is InChI=1S/C17H30N4/c1-3-4-17-19-15-13-18-9-5-16(15)21(17)12-8-14-6-10-20(2)11-7-14/h14,18H,3-13H2,1-2H3. The van der Waals surface area contributed by atoms with Crippen LogP contribution in [0.25, 0.3) is 0 Å². The van der Waals surface area contributed by atoms with Gasteiger partial charge in [0.15, 0.2) is 0 Å². The fourth-order valence-electron chi connectivity index (χ4n) is 3.77. The second-order valence-corrected chi connectivity index (χ2v) is 6.79. The molecule has 4 heteroatoms. The summed E-state index contributed by atoms with van der Waals surface area (Å²) >= 11 is 0. The van der Waals surface area contributed by atoms with E-state index in [2.05, 4.69) is 28.8 Å². The van der Waals surface area contributed by atoms with Crippen LogP contribution < -0.4 is 5.32 Å². The van der Waals surface area contributed by atoms with E-state index in [0.717, 1.165) is 31.8 Å². The van der Waals surface area contributed by atoms with Crippen LogP contribution in [0, 0.1) is 5.92 Å². The van der Waals surface area contributed by atoms with Crippen molar-refractivity contribution in [2.24, 2.45) is 5.92 Å². The Bertz CT molecular complexity index is 458. The van der Waals surface area contributed by atoms with Crippen molar-refractivity contribution in [2.45, 2.75) is 58.5 Å².